The van der Waals surface area contributed by atoms with Gasteiger partial charge in [0.2, 0.25) is 5.91 Å². The summed E-state index contributed by atoms with van der Waals surface area (Å²) in [6, 6.07) is 8.66. The van der Waals surface area contributed by atoms with Crippen molar-refractivity contribution in [2.45, 2.75) is 38.8 Å². The number of rotatable bonds is 5. The monoisotopic (exact) mass is 511 g/mol. The Kier molecular flexibility index (Phi) is 6.26. The number of thiophene rings is 1. The Morgan fingerprint density at radius 3 is 3.06 bits per heavy atom. The number of hydrogen-bond acceptors (Lipinski definition) is 6. The first-order chi connectivity index (χ1) is 15.6. The first-order valence-electron chi connectivity index (χ1n) is 11.1. The molecular weight excluding hydrogens is 486 g/mol. The number of carbonyl (C=O) groups is 1. The van der Waals surface area contributed by atoms with Gasteiger partial charge in [-0.1, -0.05) is 28.1 Å². The van der Waals surface area contributed by atoms with Gasteiger partial charge in [0.05, 0.1) is 11.9 Å². The molecule has 32 heavy (non-hydrogen) atoms. The van der Waals surface area contributed by atoms with Crippen LogP contribution in [0.4, 0.5) is 11.5 Å². The standard InChI is InChI=1S/C24H26BrN5OS/c1-16-5-3-10-29(16)11-4-8-21(31)30-12-9-19-20(14-30)32-24-22(19)23(26-15-27-24)28-18-7-2-6-17(25)13-18/h2,4,6-8,13,15-16H,3,5,9-12,14H2,1H3,(H,26,27,28). The summed E-state index contributed by atoms with van der Waals surface area (Å²) in [6.45, 7) is 5.60. The summed E-state index contributed by atoms with van der Waals surface area (Å²) < 4.78 is 1.02. The second kappa shape index (κ2) is 9.29. The van der Waals surface area contributed by atoms with E-state index >= 15 is 0 Å². The number of amides is 1. The summed E-state index contributed by atoms with van der Waals surface area (Å²) in [4.78, 5) is 28.4. The largest absolute Gasteiger partial charge is 0.340 e. The van der Waals surface area contributed by atoms with Gasteiger partial charge in [0, 0.05) is 40.2 Å². The highest BCUT2D eigenvalue weighted by Crippen LogP contribution is 2.38. The third-order valence-electron chi connectivity index (χ3n) is 6.33. The summed E-state index contributed by atoms with van der Waals surface area (Å²) in [7, 11) is 0. The van der Waals surface area contributed by atoms with Crippen LogP contribution in [0.2, 0.25) is 0 Å². The highest BCUT2D eigenvalue weighted by molar-refractivity contribution is 9.10. The van der Waals surface area contributed by atoms with Crippen LogP contribution in [0.5, 0.6) is 0 Å². The van der Waals surface area contributed by atoms with Gasteiger partial charge in [-0.3, -0.25) is 9.69 Å². The third kappa shape index (κ3) is 4.44. The minimum atomic E-state index is 0.0959. The fourth-order valence-electron chi connectivity index (χ4n) is 4.57. The van der Waals surface area contributed by atoms with Crippen LogP contribution in [0.3, 0.4) is 0 Å². The van der Waals surface area contributed by atoms with Gasteiger partial charge in [-0.05, 0) is 56.5 Å². The Bertz CT molecular complexity index is 1180. The summed E-state index contributed by atoms with van der Waals surface area (Å²) in [5.41, 5.74) is 2.24. The number of anilines is 2. The molecule has 1 atom stereocenters. The first-order valence-corrected chi connectivity index (χ1v) is 12.7. The quantitative estimate of drug-likeness (QED) is 0.481. The molecule has 1 saturated heterocycles. The van der Waals surface area contributed by atoms with E-state index in [0.29, 0.717) is 19.1 Å². The van der Waals surface area contributed by atoms with E-state index in [9.17, 15) is 4.79 Å². The zero-order chi connectivity index (χ0) is 22.1. The average molecular weight is 512 g/mol. The van der Waals surface area contributed by atoms with E-state index in [2.05, 4.69) is 43.0 Å². The van der Waals surface area contributed by atoms with Crippen LogP contribution < -0.4 is 5.32 Å². The number of nitrogens with zero attached hydrogens (tertiary/aromatic N) is 4. The number of aromatic nitrogens is 2. The molecule has 166 valence electrons. The number of benzene rings is 1. The lowest BCUT2D eigenvalue weighted by atomic mass is 10.0. The van der Waals surface area contributed by atoms with Gasteiger partial charge in [0.25, 0.3) is 0 Å². The molecule has 3 aromatic rings. The van der Waals surface area contributed by atoms with Crippen molar-refractivity contribution in [1.29, 1.82) is 0 Å². The highest BCUT2D eigenvalue weighted by Gasteiger charge is 2.26. The van der Waals surface area contributed by atoms with Gasteiger partial charge < -0.3 is 10.2 Å². The zero-order valence-electron chi connectivity index (χ0n) is 18.1. The van der Waals surface area contributed by atoms with Crippen molar-refractivity contribution in [3.8, 4) is 0 Å². The summed E-state index contributed by atoms with van der Waals surface area (Å²) in [6.07, 6.45) is 8.71. The Hall–Kier alpha value is -2.29. The normalized spacial score (nSPS) is 19.1. The van der Waals surface area contributed by atoms with Crippen LogP contribution in [0.15, 0.2) is 47.2 Å². The number of halogens is 1. The molecule has 8 heteroatoms. The molecule has 1 N–H and O–H groups in total. The Balaban J connectivity index is 1.32. The molecule has 4 heterocycles. The molecule has 0 radical (unpaired) electrons. The molecule has 1 aromatic carbocycles. The smallest absolute Gasteiger partial charge is 0.246 e. The lowest BCUT2D eigenvalue weighted by Crippen LogP contribution is -2.34. The molecule has 0 saturated carbocycles. The van der Waals surface area contributed by atoms with Gasteiger partial charge in [0.1, 0.15) is 17.0 Å². The van der Waals surface area contributed by atoms with E-state index in [1.807, 2.05) is 35.2 Å². The topological polar surface area (TPSA) is 61.4 Å². The fourth-order valence-corrected chi connectivity index (χ4v) is 6.17. The minimum Gasteiger partial charge on any atom is -0.340 e. The number of fused-ring (bicyclic) bond motifs is 3. The van der Waals surface area contributed by atoms with Crippen molar-refractivity contribution in [3.05, 3.63) is 57.7 Å². The van der Waals surface area contributed by atoms with Crippen LogP contribution in [-0.2, 0) is 17.8 Å². The molecule has 2 aromatic heterocycles. The van der Waals surface area contributed by atoms with Crippen molar-refractivity contribution < 1.29 is 4.79 Å². The fraction of sp³-hybridized carbons (Fsp3) is 0.375. The molecule has 1 unspecified atom stereocenters. The van der Waals surface area contributed by atoms with Crippen molar-refractivity contribution in [2.75, 3.05) is 25.0 Å². The lowest BCUT2D eigenvalue weighted by Gasteiger charge is -2.26. The summed E-state index contributed by atoms with van der Waals surface area (Å²) >= 11 is 5.19. The summed E-state index contributed by atoms with van der Waals surface area (Å²) in [5.74, 6) is 0.920. The minimum absolute atomic E-state index is 0.0959. The van der Waals surface area contributed by atoms with E-state index in [4.69, 9.17) is 0 Å². The maximum Gasteiger partial charge on any atom is 0.246 e. The molecule has 6 nitrogen and oxygen atoms in total. The van der Waals surface area contributed by atoms with E-state index in [-0.39, 0.29) is 5.91 Å². The molecule has 5 rings (SSSR count). The SMILES string of the molecule is CC1CCCN1CC=CC(=O)N1CCc2c(sc3ncnc(Nc4cccc(Br)c4)c23)C1. The molecule has 0 bridgehead atoms. The first kappa shape index (κ1) is 21.6. The van der Waals surface area contributed by atoms with Gasteiger partial charge >= 0.3 is 0 Å². The number of hydrogen-bond donors (Lipinski definition) is 1. The Morgan fingerprint density at radius 2 is 2.25 bits per heavy atom. The summed E-state index contributed by atoms with van der Waals surface area (Å²) in [5, 5.41) is 4.53. The van der Waals surface area contributed by atoms with Crippen molar-refractivity contribution in [1.82, 2.24) is 19.8 Å². The highest BCUT2D eigenvalue weighted by atomic mass is 79.9. The van der Waals surface area contributed by atoms with Crippen LogP contribution in [0, 0.1) is 0 Å². The Morgan fingerprint density at radius 1 is 1.34 bits per heavy atom. The van der Waals surface area contributed by atoms with E-state index in [0.717, 1.165) is 45.7 Å². The van der Waals surface area contributed by atoms with E-state index in [1.165, 1.54) is 23.3 Å². The van der Waals surface area contributed by atoms with Crippen molar-refractivity contribution in [2.24, 2.45) is 0 Å². The van der Waals surface area contributed by atoms with Gasteiger partial charge in [-0.15, -0.1) is 11.3 Å². The van der Waals surface area contributed by atoms with Crippen LogP contribution in [-0.4, -0.2) is 51.4 Å². The van der Waals surface area contributed by atoms with Crippen LogP contribution >= 0.6 is 27.3 Å². The molecular formula is C24H26BrN5OS. The Labute approximate surface area is 200 Å². The van der Waals surface area contributed by atoms with Crippen molar-refractivity contribution >= 4 is 54.9 Å². The lowest BCUT2D eigenvalue weighted by molar-refractivity contribution is -0.126. The maximum atomic E-state index is 12.8. The van der Waals surface area contributed by atoms with Crippen molar-refractivity contribution in [3.63, 3.8) is 0 Å². The van der Waals surface area contributed by atoms with Gasteiger partial charge in [-0.2, -0.15) is 0 Å². The average Bonchev–Trinajstić information content (AvgIpc) is 3.36. The molecule has 2 aliphatic rings. The third-order valence-corrected chi connectivity index (χ3v) is 7.94. The predicted molar refractivity (Wildman–Crippen MR) is 133 cm³/mol. The van der Waals surface area contributed by atoms with Crippen LogP contribution in [0.1, 0.15) is 30.2 Å². The second-order valence-electron chi connectivity index (χ2n) is 8.44. The van der Waals surface area contributed by atoms with Gasteiger partial charge in [-0.25, -0.2) is 9.97 Å². The van der Waals surface area contributed by atoms with Crippen LogP contribution in [0.25, 0.3) is 10.2 Å². The molecule has 1 fully saturated rings. The second-order valence-corrected chi connectivity index (χ2v) is 10.4. The molecule has 0 spiro atoms. The van der Waals surface area contributed by atoms with E-state index < -0.39 is 0 Å². The maximum absolute atomic E-state index is 12.8. The number of likely N-dealkylation sites (tertiary alicyclic amines) is 1. The number of carbonyl (C=O) groups excluding carboxylic acids is 1. The molecule has 0 aliphatic carbocycles. The zero-order valence-corrected chi connectivity index (χ0v) is 20.5. The molecule has 1 amide bonds. The van der Waals surface area contributed by atoms with E-state index in [1.54, 1.807) is 23.7 Å². The van der Waals surface area contributed by atoms with Gasteiger partial charge in [0.15, 0.2) is 0 Å². The number of nitrogens with one attached hydrogen (secondary N) is 1. The predicted octanol–water partition coefficient (Wildman–Crippen LogP) is 5.12. The molecule has 2 aliphatic heterocycles.